The van der Waals surface area contributed by atoms with Crippen LogP contribution in [0.25, 0.3) is 0 Å². The smallest absolute Gasteiger partial charge is 0.0739 e. The van der Waals surface area contributed by atoms with Gasteiger partial charge in [0, 0.05) is 0 Å². The van der Waals surface area contributed by atoms with Gasteiger partial charge in [0.25, 0.3) is 0 Å². The van der Waals surface area contributed by atoms with Crippen molar-refractivity contribution in [2.24, 2.45) is 0 Å². The third-order valence-electron chi connectivity index (χ3n) is 2.61. The molecule has 20 heavy (non-hydrogen) atoms. The summed E-state index contributed by atoms with van der Waals surface area (Å²) in [5.41, 5.74) is 7.42. The molecule has 6 N–H and O–H groups in total. The van der Waals surface area contributed by atoms with Crippen molar-refractivity contribution in [3.63, 3.8) is 0 Å². The van der Waals surface area contributed by atoms with Crippen LogP contribution in [-0.4, -0.2) is 25.0 Å². The van der Waals surface area contributed by atoms with Crippen molar-refractivity contribution in [2.45, 2.75) is 25.7 Å². The summed E-state index contributed by atoms with van der Waals surface area (Å²) in [6, 6.07) is 4.61. The van der Waals surface area contributed by atoms with E-state index in [0.29, 0.717) is 0 Å². The third-order valence-corrected chi connectivity index (χ3v) is 2.61. The molecule has 0 aromatic heterocycles. The Hall–Kier alpha value is -1.92. The van der Waals surface area contributed by atoms with Gasteiger partial charge in [0.2, 0.25) is 0 Å². The maximum absolute atomic E-state index is 10.2. The van der Waals surface area contributed by atoms with E-state index >= 15 is 0 Å². The minimum Gasteiger partial charge on any atom is -0.545 e. The molecule has 0 radical (unpaired) electrons. The Morgan fingerprint density at radius 3 is 1.25 bits per heavy atom. The summed E-state index contributed by atoms with van der Waals surface area (Å²) >= 11 is 0. The lowest BCUT2D eigenvalue weighted by Gasteiger charge is -2.04. The van der Waals surface area contributed by atoms with Crippen molar-refractivity contribution >= 4 is 11.9 Å². The van der Waals surface area contributed by atoms with Gasteiger partial charge >= 0.3 is 0 Å². The van der Waals surface area contributed by atoms with E-state index in [4.69, 9.17) is 0 Å². The molecule has 0 bridgehead atoms. The molecule has 0 unspecified atom stereocenters. The van der Waals surface area contributed by atoms with Crippen molar-refractivity contribution in [3.8, 4) is 0 Å². The molecule has 6 heteroatoms. The number of aromatic carboxylic acids is 2. The summed E-state index contributed by atoms with van der Waals surface area (Å²) in [5, 5.41) is 20.4. The van der Waals surface area contributed by atoms with Crippen molar-refractivity contribution in [2.75, 3.05) is 13.1 Å². The fourth-order valence-corrected chi connectivity index (χ4v) is 1.45. The van der Waals surface area contributed by atoms with Crippen LogP contribution in [0.3, 0.4) is 0 Å². The topological polar surface area (TPSA) is 136 Å². The zero-order chi connectivity index (χ0) is 15.4. The molecule has 0 heterocycles. The molecule has 0 amide bonds. The van der Waals surface area contributed by atoms with E-state index < -0.39 is 11.9 Å². The van der Waals surface area contributed by atoms with Crippen LogP contribution in [0, 0.1) is 0 Å². The lowest BCUT2D eigenvalue weighted by Crippen LogP contribution is -2.50. The van der Waals surface area contributed by atoms with Crippen LogP contribution < -0.4 is 21.7 Å². The first kappa shape index (κ1) is 18.1. The molecule has 0 saturated heterocycles. The van der Waals surface area contributed by atoms with Gasteiger partial charge in [-0.25, -0.2) is 0 Å². The molecule has 1 aromatic carbocycles. The Bertz CT molecular complexity index is 365. The summed E-state index contributed by atoms with van der Waals surface area (Å²) in [5.74, 6) is -2.67. The molecule has 6 nitrogen and oxygen atoms in total. The Morgan fingerprint density at radius 2 is 1.05 bits per heavy atom. The maximum Gasteiger partial charge on any atom is 0.0739 e. The van der Waals surface area contributed by atoms with Gasteiger partial charge in [0.15, 0.2) is 0 Å². The summed E-state index contributed by atoms with van der Waals surface area (Å²) in [7, 11) is 0. The van der Waals surface area contributed by atoms with E-state index in [9.17, 15) is 19.8 Å². The second kappa shape index (κ2) is 11.0. The number of carboxylic acid groups (broad SMARTS) is 2. The summed E-state index contributed by atoms with van der Waals surface area (Å²) in [6.45, 7) is 2.19. The lowest BCUT2D eigenvalue weighted by atomic mass is 10.1. The molecular formula is C14H22N2O4. The van der Waals surface area contributed by atoms with E-state index in [-0.39, 0.29) is 11.1 Å². The molecule has 0 atom stereocenters. The number of carbonyl (C=O) groups is 2. The van der Waals surface area contributed by atoms with Gasteiger partial charge in [0.05, 0.1) is 25.0 Å². The molecule has 0 saturated carbocycles. The molecule has 112 valence electrons. The van der Waals surface area contributed by atoms with Crippen molar-refractivity contribution in [1.29, 1.82) is 0 Å². The third kappa shape index (κ3) is 8.23. The van der Waals surface area contributed by atoms with Crippen LogP contribution in [0.15, 0.2) is 24.3 Å². The van der Waals surface area contributed by atoms with E-state index in [1.165, 1.54) is 25.7 Å². The average molecular weight is 282 g/mol. The second-order valence-corrected chi connectivity index (χ2v) is 4.27. The number of rotatable bonds is 7. The number of carbonyl (C=O) groups excluding carboxylic acids is 2. The standard InChI is InChI=1S/C8H6O4.C6H16N2/c9-7(10)5-1-2-6(4-3-5)8(11)12;7-5-3-1-2-4-6-8/h1-4H,(H,9,10)(H,11,12);1-8H2. The monoisotopic (exact) mass is 282 g/mol. The fourth-order valence-electron chi connectivity index (χ4n) is 1.45. The van der Waals surface area contributed by atoms with Crippen LogP contribution in [-0.2, 0) is 0 Å². The van der Waals surface area contributed by atoms with Gasteiger partial charge in [0.1, 0.15) is 0 Å². The minimum absolute atomic E-state index is 0.0556. The first-order valence-corrected chi connectivity index (χ1v) is 6.64. The van der Waals surface area contributed by atoms with Crippen LogP contribution >= 0.6 is 0 Å². The molecule has 0 aliphatic carbocycles. The number of hydrogen-bond donors (Lipinski definition) is 2. The second-order valence-electron chi connectivity index (χ2n) is 4.27. The first-order valence-electron chi connectivity index (χ1n) is 6.64. The molecule has 0 fully saturated rings. The largest absolute Gasteiger partial charge is 0.545 e. The number of hydrogen-bond acceptors (Lipinski definition) is 4. The van der Waals surface area contributed by atoms with Gasteiger partial charge < -0.3 is 31.3 Å². The zero-order valence-corrected chi connectivity index (χ0v) is 11.6. The van der Waals surface area contributed by atoms with Gasteiger partial charge in [-0.2, -0.15) is 0 Å². The Labute approximate surface area is 118 Å². The van der Waals surface area contributed by atoms with Crippen molar-refractivity contribution in [3.05, 3.63) is 35.4 Å². The maximum atomic E-state index is 10.2. The Kier molecular flexibility index (Phi) is 9.90. The van der Waals surface area contributed by atoms with Crippen LogP contribution in [0.1, 0.15) is 46.4 Å². The van der Waals surface area contributed by atoms with Crippen LogP contribution in [0.5, 0.6) is 0 Å². The molecule has 1 rings (SSSR count). The number of carboxylic acids is 2. The number of quaternary nitrogens is 2. The lowest BCUT2D eigenvalue weighted by molar-refractivity contribution is -0.371. The highest BCUT2D eigenvalue weighted by molar-refractivity contribution is 5.89. The molecule has 0 aliphatic heterocycles. The van der Waals surface area contributed by atoms with E-state index in [1.54, 1.807) is 0 Å². The highest BCUT2D eigenvalue weighted by atomic mass is 16.4. The van der Waals surface area contributed by atoms with Gasteiger partial charge in [-0.3, -0.25) is 0 Å². The normalized spacial score (nSPS) is 9.50. The predicted molar refractivity (Wildman–Crippen MR) is 69.1 cm³/mol. The van der Waals surface area contributed by atoms with Crippen LogP contribution in [0.2, 0.25) is 0 Å². The van der Waals surface area contributed by atoms with Gasteiger partial charge in [-0.05, 0) is 36.8 Å². The average Bonchev–Trinajstić information content (AvgIpc) is 2.44. The van der Waals surface area contributed by atoms with Crippen LogP contribution in [0.4, 0.5) is 0 Å². The van der Waals surface area contributed by atoms with E-state index in [0.717, 1.165) is 37.4 Å². The molecule has 0 aliphatic rings. The van der Waals surface area contributed by atoms with Gasteiger partial charge in [-0.1, -0.05) is 24.3 Å². The quantitative estimate of drug-likeness (QED) is 0.532. The van der Waals surface area contributed by atoms with Gasteiger partial charge in [-0.15, -0.1) is 0 Å². The Morgan fingerprint density at radius 1 is 0.750 bits per heavy atom. The highest BCUT2D eigenvalue weighted by Gasteiger charge is 1.94. The SMILES string of the molecule is O=C([O-])c1ccc(C(=O)[O-])cc1.[NH3+]CCCCCC[NH3+]. The first-order chi connectivity index (χ1) is 9.52. The molecule has 1 aromatic rings. The summed E-state index contributed by atoms with van der Waals surface area (Å²) < 4.78 is 0. The van der Waals surface area contributed by atoms with E-state index in [2.05, 4.69) is 11.5 Å². The number of unbranched alkanes of at least 4 members (excludes halogenated alkanes) is 3. The minimum atomic E-state index is -1.33. The summed E-state index contributed by atoms with van der Waals surface area (Å²) in [6.07, 6.45) is 5.28. The van der Waals surface area contributed by atoms with Crippen molar-refractivity contribution in [1.82, 2.24) is 0 Å². The summed E-state index contributed by atoms with van der Waals surface area (Å²) in [4.78, 5) is 20.4. The number of benzene rings is 1. The predicted octanol–water partition coefficient (Wildman–Crippen LogP) is -2.56. The Balaban J connectivity index is 0.000000396. The van der Waals surface area contributed by atoms with E-state index in [1.807, 2.05) is 0 Å². The highest BCUT2D eigenvalue weighted by Crippen LogP contribution is 2.01. The fraction of sp³-hybridized carbons (Fsp3) is 0.429. The molecule has 0 spiro atoms. The molecular weight excluding hydrogens is 260 g/mol. The zero-order valence-electron chi connectivity index (χ0n) is 11.6. The van der Waals surface area contributed by atoms with Crippen molar-refractivity contribution < 1.29 is 31.3 Å².